The number of halogens is 2. The third-order valence-electron chi connectivity index (χ3n) is 3.99. The van der Waals surface area contributed by atoms with E-state index in [1.54, 1.807) is 6.07 Å². The Balaban J connectivity index is 1.87. The molecule has 0 saturated heterocycles. The van der Waals surface area contributed by atoms with Crippen molar-refractivity contribution in [2.45, 2.75) is 13.2 Å². The number of ether oxygens (including phenoxy) is 1. The predicted octanol–water partition coefficient (Wildman–Crippen LogP) is 4.29. The Labute approximate surface area is 151 Å². The summed E-state index contributed by atoms with van der Waals surface area (Å²) in [6.07, 6.45) is 0. The molecule has 0 radical (unpaired) electrons. The van der Waals surface area contributed by atoms with Gasteiger partial charge in [0, 0.05) is 24.2 Å². The molecule has 2 N–H and O–H groups in total. The van der Waals surface area contributed by atoms with Crippen molar-refractivity contribution in [1.82, 2.24) is 5.32 Å². The Bertz CT molecular complexity index is 869. The van der Waals surface area contributed by atoms with Crippen LogP contribution >= 0.6 is 11.6 Å². The van der Waals surface area contributed by atoms with E-state index < -0.39 is 0 Å². The quantitative estimate of drug-likeness (QED) is 0.618. The van der Waals surface area contributed by atoms with Crippen LogP contribution in [0.1, 0.15) is 11.1 Å². The summed E-state index contributed by atoms with van der Waals surface area (Å²) in [5.41, 5.74) is 1.75. The van der Waals surface area contributed by atoms with Crippen molar-refractivity contribution in [2.24, 2.45) is 0 Å². The molecule has 0 aliphatic rings. The molecule has 0 spiro atoms. The topological polar surface area (TPSA) is 41.5 Å². The summed E-state index contributed by atoms with van der Waals surface area (Å²) >= 11 is 6.07. The fraction of sp³-hybridized carbons (Fsp3) is 0.200. The van der Waals surface area contributed by atoms with Crippen molar-refractivity contribution in [1.29, 1.82) is 0 Å². The van der Waals surface area contributed by atoms with Gasteiger partial charge in [0.1, 0.15) is 18.2 Å². The molecule has 3 rings (SSSR count). The minimum absolute atomic E-state index is 0.0755. The van der Waals surface area contributed by atoms with Crippen molar-refractivity contribution in [3.63, 3.8) is 0 Å². The van der Waals surface area contributed by atoms with Gasteiger partial charge >= 0.3 is 0 Å². The minimum atomic E-state index is -0.367. The predicted molar refractivity (Wildman–Crippen MR) is 98.5 cm³/mol. The Morgan fingerprint density at radius 1 is 1.08 bits per heavy atom. The van der Waals surface area contributed by atoms with Crippen LogP contribution in [-0.4, -0.2) is 18.3 Å². The van der Waals surface area contributed by atoms with E-state index >= 15 is 0 Å². The normalized spacial score (nSPS) is 11.0. The molecule has 3 aromatic carbocycles. The van der Waals surface area contributed by atoms with E-state index in [9.17, 15) is 4.39 Å². The van der Waals surface area contributed by atoms with Crippen LogP contribution in [0.4, 0.5) is 4.39 Å². The molecule has 3 nitrogen and oxygen atoms in total. The molecule has 0 fully saturated rings. The average Bonchev–Trinajstić information content (AvgIpc) is 2.62. The summed E-state index contributed by atoms with van der Waals surface area (Å²) in [4.78, 5) is 0. The third kappa shape index (κ3) is 4.28. The molecule has 5 heteroatoms. The lowest BCUT2D eigenvalue weighted by atomic mass is 10.0. The zero-order valence-corrected chi connectivity index (χ0v) is 14.4. The van der Waals surface area contributed by atoms with Gasteiger partial charge in [-0.05, 0) is 29.0 Å². The van der Waals surface area contributed by atoms with Crippen molar-refractivity contribution in [3.05, 3.63) is 76.6 Å². The number of benzene rings is 3. The monoisotopic (exact) mass is 359 g/mol. The molecular weight excluding hydrogens is 341 g/mol. The van der Waals surface area contributed by atoms with Crippen molar-refractivity contribution < 1.29 is 14.2 Å². The Morgan fingerprint density at radius 3 is 2.72 bits per heavy atom. The molecule has 0 atom stereocenters. The molecule has 0 aliphatic carbocycles. The van der Waals surface area contributed by atoms with Gasteiger partial charge in [0.15, 0.2) is 0 Å². The second kappa shape index (κ2) is 8.30. The molecule has 0 aliphatic heterocycles. The van der Waals surface area contributed by atoms with E-state index in [1.807, 2.05) is 36.4 Å². The maximum absolute atomic E-state index is 13.2. The highest BCUT2D eigenvalue weighted by atomic mass is 35.5. The van der Waals surface area contributed by atoms with E-state index in [0.717, 1.165) is 27.6 Å². The van der Waals surface area contributed by atoms with Crippen LogP contribution in [0.25, 0.3) is 10.8 Å². The fourth-order valence-corrected chi connectivity index (χ4v) is 2.94. The van der Waals surface area contributed by atoms with Crippen LogP contribution < -0.4 is 10.1 Å². The largest absolute Gasteiger partial charge is 0.488 e. The molecule has 0 unspecified atom stereocenters. The first kappa shape index (κ1) is 17.7. The van der Waals surface area contributed by atoms with E-state index in [1.165, 1.54) is 12.1 Å². The van der Waals surface area contributed by atoms with Gasteiger partial charge in [0.05, 0.1) is 11.6 Å². The first-order chi connectivity index (χ1) is 12.2. The molecule has 0 bridgehead atoms. The SMILES string of the molecule is OCCNCc1c(OCc2ccc(F)cc2Cl)ccc2ccccc12. The van der Waals surface area contributed by atoms with E-state index in [4.69, 9.17) is 21.4 Å². The van der Waals surface area contributed by atoms with E-state index in [-0.39, 0.29) is 19.0 Å². The number of hydrogen-bond acceptors (Lipinski definition) is 3. The summed E-state index contributed by atoms with van der Waals surface area (Å²) in [6, 6.07) is 16.3. The minimum Gasteiger partial charge on any atom is -0.488 e. The van der Waals surface area contributed by atoms with Gasteiger partial charge in [0.25, 0.3) is 0 Å². The van der Waals surface area contributed by atoms with Gasteiger partial charge < -0.3 is 15.2 Å². The Hall–Kier alpha value is -2.14. The first-order valence-electron chi connectivity index (χ1n) is 8.08. The second-order valence-electron chi connectivity index (χ2n) is 5.69. The highest BCUT2D eigenvalue weighted by Gasteiger charge is 2.10. The standard InChI is InChI=1S/C20H19ClFNO2/c21-19-11-16(22)7-5-15(19)13-25-20-8-6-14-3-1-2-4-17(14)18(20)12-23-9-10-24/h1-8,11,23-24H,9-10,12-13H2. The van der Waals surface area contributed by atoms with Crippen LogP contribution in [0.15, 0.2) is 54.6 Å². The summed E-state index contributed by atoms with van der Waals surface area (Å²) in [5, 5.41) is 14.7. The second-order valence-corrected chi connectivity index (χ2v) is 6.10. The maximum atomic E-state index is 13.2. The van der Waals surface area contributed by atoms with Gasteiger partial charge in [-0.25, -0.2) is 4.39 Å². The summed E-state index contributed by atoms with van der Waals surface area (Å²) in [5.74, 6) is 0.373. The summed E-state index contributed by atoms with van der Waals surface area (Å²) in [6.45, 7) is 1.41. The fourth-order valence-electron chi connectivity index (χ4n) is 2.72. The van der Waals surface area contributed by atoms with Gasteiger partial charge in [-0.3, -0.25) is 0 Å². The van der Waals surface area contributed by atoms with Gasteiger partial charge in [-0.15, -0.1) is 0 Å². The van der Waals surface area contributed by atoms with Gasteiger partial charge in [0.2, 0.25) is 0 Å². The van der Waals surface area contributed by atoms with Crippen LogP contribution in [0.5, 0.6) is 5.75 Å². The smallest absolute Gasteiger partial charge is 0.124 e. The van der Waals surface area contributed by atoms with Crippen LogP contribution in [0.3, 0.4) is 0 Å². The molecule has 0 saturated carbocycles. The lowest BCUT2D eigenvalue weighted by Gasteiger charge is -2.15. The molecule has 3 aromatic rings. The Kier molecular flexibility index (Phi) is 5.87. The van der Waals surface area contributed by atoms with E-state index in [2.05, 4.69) is 5.32 Å². The molecule has 130 valence electrons. The summed E-state index contributed by atoms with van der Waals surface area (Å²) < 4.78 is 19.1. The lowest BCUT2D eigenvalue weighted by molar-refractivity contribution is 0.288. The number of aliphatic hydroxyl groups excluding tert-OH is 1. The first-order valence-corrected chi connectivity index (χ1v) is 8.46. The van der Waals surface area contributed by atoms with E-state index in [0.29, 0.717) is 18.1 Å². The molecule has 0 heterocycles. The van der Waals surface area contributed by atoms with Gasteiger partial charge in [-0.2, -0.15) is 0 Å². The molecule has 0 aromatic heterocycles. The van der Waals surface area contributed by atoms with Crippen LogP contribution in [0, 0.1) is 5.82 Å². The molecular formula is C20H19ClFNO2. The maximum Gasteiger partial charge on any atom is 0.124 e. The zero-order valence-electron chi connectivity index (χ0n) is 13.6. The number of fused-ring (bicyclic) bond motifs is 1. The van der Waals surface area contributed by atoms with Crippen LogP contribution in [-0.2, 0) is 13.2 Å². The van der Waals surface area contributed by atoms with Gasteiger partial charge in [-0.1, -0.05) is 48.0 Å². The lowest BCUT2D eigenvalue weighted by Crippen LogP contribution is -2.18. The number of hydrogen-bond donors (Lipinski definition) is 2. The molecule has 25 heavy (non-hydrogen) atoms. The Morgan fingerprint density at radius 2 is 1.92 bits per heavy atom. The number of rotatable bonds is 7. The third-order valence-corrected chi connectivity index (χ3v) is 4.34. The van der Waals surface area contributed by atoms with Crippen molar-refractivity contribution in [2.75, 3.05) is 13.2 Å². The van der Waals surface area contributed by atoms with Crippen molar-refractivity contribution in [3.8, 4) is 5.75 Å². The highest BCUT2D eigenvalue weighted by Crippen LogP contribution is 2.29. The van der Waals surface area contributed by atoms with Crippen LogP contribution in [0.2, 0.25) is 5.02 Å². The number of aliphatic hydroxyl groups is 1. The summed E-state index contributed by atoms with van der Waals surface area (Å²) in [7, 11) is 0. The number of nitrogens with one attached hydrogen (secondary N) is 1. The molecule has 0 amide bonds. The average molecular weight is 360 g/mol. The zero-order chi connectivity index (χ0) is 17.6. The van der Waals surface area contributed by atoms with Crippen molar-refractivity contribution >= 4 is 22.4 Å². The highest BCUT2D eigenvalue weighted by molar-refractivity contribution is 6.31.